The quantitative estimate of drug-likeness (QED) is 0.678. The average Bonchev–Trinajstić information content (AvgIpc) is 3.06. The zero-order chi connectivity index (χ0) is 15.4. The molecule has 1 fully saturated rings. The van der Waals surface area contributed by atoms with Crippen LogP contribution < -0.4 is 5.73 Å². The van der Waals surface area contributed by atoms with Crippen molar-refractivity contribution in [3.8, 4) is 0 Å². The predicted molar refractivity (Wildman–Crippen MR) is 76.2 cm³/mol. The number of nitrogens with two attached hydrogens (primary N) is 1. The number of carbonyl (C=O) groups excluding carboxylic acids is 2. The number of esters is 1. The van der Waals surface area contributed by atoms with Crippen molar-refractivity contribution in [2.24, 2.45) is 0 Å². The summed E-state index contributed by atoms with van der Waals surface area (Å²) < 4.78 is 6.64. The molecule has 2 aromatic heterocycles. The Kier molecular flexibility index (Phi) is 2.76. The number of methoxy groups -OCH3 is 1. The van der Waals surface area contributed by atoms with Gasteiger partial charge in [0.15, 0.2) is 5.78 Å². The summed E-state index contributed by atoms with van der Waals surface area (Å²) in [6.07, 6.45) is 3.17. The molecule has 2 heterocycles. The summed E-state index contributed by atoms with van der Waals surface area (Å²) >= 11 is 0. The van der Waals surface area contributed by atoms with Crippen LogP contribution in [0.2, 0.25) is 0 Å². The summed E-state index contributed by atoms with van der Waals surface area (Å²) in [4.78, 5) is 32.5. The van der Waals surface area contributed by atoms with Crippen LogP contribution in [0.5, 0.6) is 0 Å². The van der Waals surface area contributed by atoms with Gasteiger partial charge >= 0.3 is 5.97 Å². The maximum atomic E-state index is 12.2. The van der Waals surface area contributed by atoms with Crippen molar-refractivity contribution in [1.29, 1.82) is 0 Å². The summed E-state index contributed by atoms with van der Waals surface area (Å²) in [7, 11) is 1.27. The van der Waals surface area contributed by atoms with E-state index in [-0.39, 0.29) is 22.7 Å². The molecule has 7 heteroatoms. The van der Waals surface area contributed by atoms with Crippen molar-refractivity contribution >= 4 is 28.6 Å². The van der Waals surface area contributed by atoms with Crippen LogP contribution in [0, 0.1) is 0 Å². The molecule has 7 nitrogen and oxygen atoms in total. The van der Waals surface area contributed by atoms with Crippen LogP contribution >= 0.6 is 0 Å². The van der Waals surface area contributed by atoms with Gasteiger partial charge in [-0.2, -0.15) is 0 Å². The zero-order valence-corrected chi connectivity index (χ0v) is 12.1. The lowest BCUT2D eigenvalue weighted by molar-refractivity contribution is 0.0598. The van der Waals surface area contributed by atoms with E-state index in [1.54, 1.807) is 0 Å². The molecule has 1 aliphatic carbocycles. The normalized spacial score (nSPS) is 16.0. The number of nitrogen functional groups attached to an aromatic ring is 1. The molecular weight excluding hydrogens is 272 g/mol. The third kappa shape index (κ3) is 1.80. The molecule has 0 amide bonds. The van der Waals surface area contributed by atoms with Crippen LogP contribution in [-0.4, -0.2) is 33.4 Å². The number of rotatable bonds is 3. The SMILES string of the molecule is COC(=O)c1c(C(C)=O)n(C2(C)CC2)c2ncnc(N)c12. The summed E-state index contributed by atoms with van der Waals surface area (Å²) in [6.45, 7) is 3.45. The minimum atomic E-state index is -0.602. The molecule has 110 valence electrons. The Balaban J connectivity index is 2.50. The highest BCUT2D eigenvalue weighted by atomic mass is 16.5. The molecule has 0 radical (unpaired) electrons. The van der Waals surface area contributed by atoms with Crippen LogP contribution in [0.3, 0.4) is 0 Å². The van der Waals surface area contributed by atoms with E-state index in [9.17, 15) is 9.59 Å². The van der Waals surface area contributed by atoms with E-state index >= 15 is 0 Å². The Labute approximate surface area is 121 Å². The van der Waals surface area contributed by atoms with E-state index in [1.807, 2.05) is 11.5 Å². The minimum absolute atomic E-state index is 0.159. The van der Waals surface area contributed by atoms with Gasteiger partial charge in [0.25, 0.3) is 0 Å². The molecule has 21 heavy (non-hydrogen) atoms. The van der Waals surface area contributed by atoms with Crippen LogP contribution in [0.25, 0.3) is 11.0 Å². The van der Waals surface area contributed by atoms with Gasteiger partial charge in [0.05, 0.1) is 12.5 Å². The Morgan fingerprint density at radius 3 is 2.57 bits per heavy atom. The summed E-state index contributed by atoms with van der Waals surface area (Å²) in [6, 6.07) is 0. The van der Waals surface area contributed by atoms with E-state index in [0.717, 1.165) is 12.8 Å². The second-order valence-corrected chi connectivity index (χ2v) is 5.56. The number of fused-ring (bicyclic) bond motifs is 1. The monoisotopic (exact) mass is 288 g/mol. The van der Waals surface area contributed by atoms with Gasteiger partial charge in [-0.1, -0.05) is 0 Å². The number of nitrogens with zero attached hydrogens (tertiary/aromatic N) is 3. The highest BCUT2D eigenvalue weighted by Gasteiger charge is 2.45. The van der Waals surface area contributed by atoms with Crippen LogP contribution in [0.4, 0.5) is 5.82 Å². The number of anilines is 1. The van der Waals surface area contributed by atoms with Gasteiger partial charge in [-0.25, -0.2) is 14.8 Å². The first kappa shape index (κ1) is 13.5. The highest BCUT2D eigenvalue weighted by molar-refractivity contribution is 6.16. The number of Topliss-reactive ketones (excluding diaryl/α,β-unsaturated/α-hetero) is 1. The Hall–Kier alpha value is -2.44. The fraction of sp³-hybridized carbons (Fsp3) is 0.429. The van der Waals surface area contributed by atoms with Crippen molar-refractivity contribution in [2.75, 3.05) is 12.8 Å². The summed E-state index contributed by atoms with van der Waals surface area (Å²) in [5.41, 5.74) is 6.66. The van der Waals surface area contributed by atoms with E-state index in [0.29, 0.717) is 16.7 Å². The third-order valence-electron chi connectivity index (χ3n) is 4.02. The van der Waals surface area contributed by atoms with Gasteiger partial charge in [-0.05, 0) is 19.8 Å². The number of aromatic nitrogens is 3. The largest absolute Gasteiger partial charge is 0.465 e. The van der Waals surface area contributed by atoms with Gasteiger partial charge in [-0.15, -0.1) is 0 Å². The van der Waals surface area contributed by atoms with Gasteiger partial charge in [0, 0.05) is 12.5 Å². The average molecular weight is 288 g/mol. The molecule has 0 saturated heterocycles. The maximum absolute atomic E-state index is 12.2. The number of carbonyl (C=O) groups is 2. The zero-order valence-electron chi connectivity index (χ0n) is 12.1. The molecule has 2 aromatic rings. The van der Waals surface area contributed by atoms with Crippen molar-refractivity contribution < 1.29 is 14.3 Å². The van der Waals surface area contributed by atoms with Gasteiger partial charge in [0.2, 0.25) is 0 Å². The smallest absolute Gasteiger partial charge is 0.341 e. The fourth-order valence-corrected chi connectivity index (χ4v) is 2.70. The molecule has 0 aliphatic heterocycles. The van der Waals surface area contributed by atoms with Crippen LogP contribution in [0.15, 0.2) is 6.33 Å². The molecule has 2 N–H and O–H groups in total. The van der Waals surface area contributed by atoms with E-state index in [2.05, 4.69) is 9.97 Å². The Bertz CT molecular complexity index is 774. The molecule has 0 atom stereocenters. The van der Waals surface area contributed by atoms with Crippen molar-refractivity contribution in [3.63, 3.8) is 0 Å². The van der Waals surface area contributed by atoms with E-state index in [1.165, 1.54) is 20.4 Å². The van der Waals surface area contributed by atoms with Crippen molar-refractivity contribution in [2.45, 2.75) is 32.2 Å². The predicted octanol–water partition coefficient (Wildman–Crippen LogP) is 1.51. The maximum Gasteiger partial charge on any atom is 0.341 e. The summed E-state index contributed by atoms with van der Waals surface area (Å²) in [5, 5.41) is 0.391. The highest BCUT2D eigenvalue weighted by Crippen LogP contribution is 2.47. The molecule has 0 aromatic carbocycles. The summed E-state index contributed by atoms with van der Waals surface area (Å²) in [5.74, 6) is -0.651. The van der Waals surface area contributed by atoms with E-state index < -0.39 is 5.97 Å². The second-order valence-electron chi connectivity index (χ2n) is 5.56. The first-order chi connectivity index (χ1) is 9.90. The number of ketones is 1. The number of hydrogen-bond acceptors (Lipinski definition) is 6. The first-order valence-corrected chi connectivity index (χ1v) is 6.65. The first-order valence-electron chi connectivity index (χ1n) is 6.65. The molecule has 0 bridgehead atoms. The molecule has 1 saturated carbocycles. The lowest BCUT2D eigenvalue weighted by Gasteiger charge is -2.15. The third-order valence-corrected chi connectivity index (χ3v) is 4.02. The van der Waals surface area contributed by atoms with Crippen LogP contribution in [0.1, 0.15) is 47.5 Å². The van der Waals surface area contributed by atoms with Gasteiger partial charge < -0.3 is 15.0 Å². The molecule has 0 spiro atoms. The Morgan fingerprint density at radius 1 is 1.38 bits per heavy atom. The number of ether oxygens (including phenoxy) is 1. The second kappa shape index (κ2) is 4.28. The lowest BCUT2D eigenvalue weighted by atomic mass is 10.1. The van der Waals surface area contributed by atoms with Crippen molar-refractivity contribution in [1.82, 2.24) is 14.5 Å². The molecule has 3 rings (SSSR count). The minimum Gasteiger partial charge on any atom is -0.465 e. The van der Waals surface area contributed by atoms with Gasteiger partial charge in [-0.3, -0.25) is 4.79 Å². The van der Waals surface area contributed by atoms with Gasteiger partial charge in [0.1, 0.15) is 29.0 Å². The lowest BCUT2D eigenvalue weighted by Crippen LogP contribution is -2.20. The van der Waals surface area contributed by atoms with Crippen LogP contribution in [-0.2, 0) is 10.3 Å². The molecular formula is C14H16N4O3. The standard InChI is InChI=1S/C14H16N4O3/c1-7(19)10-8(13(20)21-3)9-11(15)16-6-17-12(9)18(10)14(2)4-5-14/h6H,4-5H2,1-3H3,(H2,15,16,17). The topological polar surface area (TPSA) is 100 Å². The Morgan fingerprint density at radius 2 is 2.05 bits per heavy atom. The molecule has 0 unspecified atom stereocenters. The number of hydrogen-bond donors (Lipinski definition) is 1. The molecule has 1 aliphatic rings. The fourth-order valence-electron chi connectivity index (χ4n) is 2.70. The van der Waals surface area contributed by atoms with Crippen molar-refractivity contribution in [3.05, 3.63) is 17.6 Å². The van der Waals surface area contributed by atoms with E-state index in [4.69, 9.17) is 10.5 Å².